The van der Waals surface area contributed by atoms with Gasteiger partial charge < -0.3 is 10.4 Å². The molecule has 1 rings (SSSR count). The molecule has 102 valence electrons. The molecule has 0 aromatic heterocycles. The average molecular weight is 264 g/mol. The van der Waals surface area contributed by atoms with Gasteiger partial charge in [0.25, 0.3) is 0 Å². The van der Waals surface area contributed by atoms with Gasteiger partial charge in [-0.15, -0.1) is 0 Å². The Morgan fingerprint density at radius 2 is 1.88 bits per heavy atom. The van der Waals surface area contributed by atoms with Crippen LogP contribution in [0.25, 0.3) is 0 Å². The summed E-state index contributed by atoms with van der Waals surface area (Å²) >= 11 is 0. The van der Waals surface area contributed by atoms with Gasteiger partial charge in [0.1, 0.15) is 0 Å². The first-order valence-electron chi connectivity index (χ1n) is 6.16. The number of aliphatic hydroxyl groups excluding tert-OH is 1. The molecule has 0 amide bonds. The van der Waals surface area contributed by atoms with Crippen LogP contribution < -0.4 is 5.32 Å². The molecule has 1 fully saturated rings. The second-order valence-electron chi connectivity index (χ2n) is 5.05. The fraction of sp³-hybridized carbons (Fsp3) is 1.00. The van der Waals surface area contributed by atoms with Crippen LogP contribution in [0.2, 0.25) is 0 Å². The van der Waals surface area contributed by atoms with Crippen molar-refractivity contribution in [2.75, 3.05) is 26.0 Å². The maximum atomic E-state index is 11.3. The molecule has 17 heavy (non-hydrogen) atoms. The number of nitrogens with one attached hydrogen (secondary N) is 1. The SMILES string of the molecule is CC(CO)C(C)NC1CCN(S(C)(=O)=O)CC1. The summed E-state index contributed by atoms with van der Waals surface area (Å²) in [6.07, 6.45) is 2.95. The van der Waals surface area contributed by atoms with Gasteiger partial charge >= 0.3 is 0 Å². The first-order chi connectivity index (χ1) is 7.84. The van der Waals surface area contributed by atoms with Crippen molar-refractivity contribution in [2.24, 2.45) is 5.92 Å². The first-order valence-corrected chi connectivity index (χ1v) is 8.01. The lowest BCUT2D eigenvalue weighted by Gasteiger charge is -2.33. The van der Waals surface area contributed by atoms with Gasteiger partial charge in [-0.25, -0.2) is 12.7 Å². The Morgan fingerprint density at radius 1 is 1.35 bits per heavy atom. The van der Waals surface area contributed by atoms with Crippen molar-refractivity contribution in [2.45, 2.75) is 38.8 Å². The monoisotopic (exact) mass is 264 g/mol. The van der Waals surface area contributed by atoms with E-state index in [1.165, 1.54) is 10.6 Å². The predicted octanol–water partition coefficient (Wildman–Crippen LogP) is 0.0169. The predicted molar refractivity (Wildman–Crippen MR) is 68.3 cm³/mol. The van der Waals surface area contributed by atoms with E-state index in [1.54, 1.807) is 0 Å². The minimum absolute atomic E-state index is 0.177. The molecule has 0 aromatic rings. The Balaban J connectivity index is 2.38. The number of aliphatic hydroxyl groups is 1. The van der Waals surface area contributed by atoms with Crippen molar-refractivity contribution < 1.29 is 13.5 Å². The minimum Gasteiger partial charge on any atom is -0.396 e. The standard InChI is InChI=1S/C11H24N2O3S/c1-9(8-14)10(2)12-11-4-6-13(7-5-11)17(3,15)16/h9-12,14H,4-8H2,1-3H3. The topological polar surface area (TPSA) is 69.6 Å². The maximum absolute atomic E-state index is 11.3. The lowest BCUT2D eigenvalue weighted by Crippen LogP contribution is -2.48. The molecule has 0 bridgehead atoms. The van der Waals surface area contributed by atoms with Crippen LogP contribution in [0.1, 0.15) is 26.7 Å². The van der Waals surface area contributed by atoms with Crippen LogP contribution in [0.5, 0.6) is 0 Å². The summed E-state index contributed by atoms with van der Waals surface area (Å²) in [5, 5.41) is 12.5. The maximum Gasteiger partial charge on any atom is 0.211 e. The Hall–Kier alpha value is -0.170. The lowest BCUT2D eigenvalue weighted by atomic mass is 10.0. The number of nitrogens with zero attached hydrogens (tertiary/aromatic N) is 1. The highest BCUT2D eigenvalue weighted by Gasteiger charge is 2.26. The molecule has 6 heteroatoms. The zero-order chi connectivity index (χ0) is 13.1. The van der Waals surface area contributed by atoms with Crippen LogP contribution >= 0.6 is 0 Å². The highest BCUT2D eigenvalue weighted by atomic mass is 32.2. The van der Waals surface area contributed by atoms with Gasteiger partial charge in [-0.05, 0) is 25.7 Å². The van der Waals surface area contributed by atoms with Crippen molar-refractivity contribution in [3.05, 3.63) is 0 Å². The molecule has 1 heterocycles. The number of sulfonamides is 1. The summed E-state index contributed by atoms with van der Waals surface area (Å²) in [5.74, 6) is 0.225. The highest BCUT2D eigenvalue weighted by molar-refractivity contribution is 7.88. The Morgan fingerprint density at radius 3 is 2.29 bits per heavy atom. The molecule has 0 radical (unpaired) electrons. The van der Waals surface area contributed by atoms with Gasteiger partial charge in [-0.2, -0.15) is 0 Å². The largest absolute Gasteiger partial charge is 0.396 e. The summed E-state index contributed by atoms with van der Waals surface area (Å²) in [7, 11) is -3.03. The molecule has 2 atom stereocenters. The van der Waals surface area contributed by atoms with E-state index in [4.69, 9.17) is 5.11 Å². The number of hydrogen-bond donors (Lipinski definition) is 2. The van der Waals surface area contributed by atoms with Crippen LogP contribution in [-0.4, -0.2) is 55.9 Å². The van der Waals surface area contributed by atoms with Gasteiger partial charge in [0, 0.05) is 31.8 Å². The van der Waals surface area contributed by atoms with Crippen LogP contribution in [0.4, 0.5) is 0 Å². The average Bonchev–Trinajstić information content (AvgIpc) is 2.27. The molecule has 5 nitrogen and oxygen atoms in total. The van der Waals surface area contributed by atoms with Gasteiger partial charge in [0.2, 0.25) is 10.0 Å². The third kappa shape index (κ3) is 4.54. The minimum atomic E-state index is -3.03. The van der Waals surface area contributed by atoms with Crippen LogP contribution in [0.3, 0.4) is 0 Å². The molecule has 0 aromatic carbocycles. The fourth-order valence-corrected chi connectivity index (χ4v) is 2.92. The van der Waals surface area contributed by atoms with Crippen LogP contribution in [0, 0.1) is 5.92 Å². The summed E-state index contributed by atoms with van der Waals surface area (Å²) in [6, 6.07) is 0.617. The Kier molecular flexibility index (Phi) is 5.37. The van der Waals surface area contributed by atoms with Gasteiger partial charge in [-0.1, -0.05) is 6.92 Å². The van der Waals surface area contributed by atoms with Crippen molar-refractivity contribution in [3.63, 3.8) is 0 Å². The molecule has 0 aliphatic carbocycles. The Bertz CT molecular complexity index is 324. The van der Waals surface area contributed by atoms with E-state index in [-0.39, 0.29) is 18.6 Å². The lowest BCUT2D eigenvalue weighted by molar-refractivity contribution is 0.189. The molecular weight excluding hydrogens is 240 g/mol. The van der Waals surface area contributed by atoms with Crippen molar-refractivity contribution >= 4 is 10.0 Å². The number of hydrogen-bond acceptors (Lipinski definition) is 4. The molecule has 2 unspecified atom stereocenters. The summed E-state index contributed by atoms with van der Waals surface area (Å²) < 4.78 is 24.2. The van der Waals surface area contributed by atoms with E-state index in [2.05, 4.69) is 12.2 Å². The number of rotatable bonds is 5. The summed E-state index contributed by atoms with van der Waals surface area (Å²) in [5.41, 5.74) is 0. The van der Waals surface area contributed by atoms with E-state index < -0.39 is 10.0 Å². The van der Waals surface area contributed by atoms with Gasteiger partial charge in [0.15, 0.2) is 0 Å². The third-order valence-electron chi connectivity index (χ3n) is 3.56. The van der Waals surface area contributed by atoms with Crippen LogP contribution in [0.15, 0.2) is 0 Å². The van der Waals surface area contributed by atoms with E-state index in [1.807, 2.05) is 6.92 Å². The number of piperidine rings is 1. The summed E-state index contributed by atoms with van der Waals surface area (Å²) in [4.78, 5) is 0. The fourth-order valence-electron chi connectivity index (χ4n) is 2.05. The smallest absolute Gasteiger partial charge is 0.211 e. The van der Waals surface area contributed by atoms with Crippen molar-refractivity contribution in [3.8, 4) is 0 Å². The van der Waals surface area contributed by atoms with Crippen molar-refractivity contribution in [1.29, 1.82) is 0 Å². The third-order valence-corrected chi connectivity index (χ3v) is 4.87. The quantitative estimate of drug-likeness (QED) is 0.734. The van der Waals surface area contributed by atoms with E-state index in [9.17, 15) is 8.42 Å². The highest BCUT2D eigenvalue weighted by Crippen LogP contribution is 2.15. The molecule has 0 saturated carbocycles. The molecule has 1 aliphatic heterocycles. The van der Waals surface area contributed by atoms with Gasteiger partial charge in [-0.3, -0.25) is 0 Å². The van der Waals surface area contributed by atoms with E-state index in [0.29, 0.717) is 19.1 Å². The molecule has 1 aliphatic rings. The van der Waals surface area contributed by atoms with Crippen LogP contribution in [-0.2, 0) is 10.0 Å². The summed E-state index contributed by atoms with van der Waals surface area (Å²) in [6.45, 7) is 5.43. The second-order valence-corrected chi connectivity index (χ2v) is 7.03. The zero-order valence-corrected chi connectivity index (χ0v) is 11.7. The molecule has 1 saturated heterocycles. The van der Waals surface area contributed by atoms with Gasteiger partial charge in [0.05, 0.1) is 6.26 Å². The van der Waals surface area contributed by atoms with E-state index in [0.717, 1.165) is 12.8 Å². The molecule has 0 spiro atoms. The Labute approximate surface area is 104 Å². The second kappa shape index (κ2) is 6.13. The zero-order valence-electron chi connectivity index (χ0n) is 10.9. The first kappa shape index (κ1) is 14.9. The van der Waals surface area contributed by atoms with Crippen molar-refractivity contribution in [1.82, 2.24) is 9.62 Å². The van der Waals surface area contributed by atoms with E-state index >= 15 is 0 Å². The molecular formula is C11H24N2O3S. The normalized spacial score (nSPS) is 23.5. The molecule has 2 N–H and O–H groups in total.